The standard InChI is InChI=1S/C44H22S8/c1-3-11-25(12-4-1)33(39-49-41-42(50-39)46-36-28-20-8-16-23-15-7-19-27(31(23)28)35(36)45-41)34(26-13-5-2-6-14-26)40-51-43-44(52-40)48-38-30-22-10-18-24-17-9-21-29(32(24)30)37(38)47-43/h1-22H. The van der Waals surface area contributed by atoms with Gasteiger partial charge in [-0.25, -0.2) is 0 Å². The van der Waals surface area contributed by atoms with Crippen LogP contribution in [0, 0.1) is 33.5 Å². The molecule has 0 saturated heterocycles. The van der Waals surface area contributed by atoms with Crippen molar-refractivity contribution in [3.8, 4) is 0 Å². The molecule has 4 heterocycles. The second-order valence-electron chi connectivity index (χ2n) is 12.8. The first-order valence-corrected chi connectivity index (χ1v) is 23.3. The molecule has 0 saturated carbocycles. The monoisotopic (exact) mass is 806 g/mol. The highest BCUT2D eigenvalue weighted by molar-refractivity contribution is 7.38. The van der Waals surface area contributed by atoms with Crippen LogP contribution in [0.25, 0.3) is 54.2 Å². The van der Waals surface area contributed by atoms with Crippen LogP contribution in [0.15, 0.2) is 133 Å². The summed E-state index contributed by atoms with van der Waals surface area (Å²) >= 11 is 15.8. The first-order valence-electron chi connectivity index (χ1n) is 16.8. The molecule has 6 aromatic carbocycles. The van der Waals surface area contributed by atoms with E-state index in [1.165, 1.54) is 107 Å². The molecule has 0 unspecified atom stereocenters. The molecule has 52 heavy (non-hydrogen) atoms. The number of hydrogen-bond donors (Lipinski definition) is 0. The van der Waals surface area contributed by atoms with Crippen molar-refractivity contribution in [2.45, 2.75) is 0 Å². The molecule has 4 aliphatic heterocycles. The molecule has 0 aromatic heterocycles. The van der Waals surface area contributed by atoms with E-state index in [0.717, 1.165) is 0 Å². The van der Waals surface area contributed by atoms with E-state index in [4.69, 9.17) is 0 Å². The number of fused-ring (bicyclic) bond motifs is 4. The number of benzene rings is 6. The van der Waals surface area contributed by atoms with E-state index in [9.17, 15) is 0 Å². The topological polar surface area (TPSA) is 0 Å². The van der Waals surface area contributed by atoms with Gasteiger partial charge in [-0.2, -0.15) is 0 Å². The predicted molar refractivity (Wildman–Crippen MR) is 233 cm³/mol. The average molecular weight is 807 g/mol. The van der Waals surface area contributed by atoms with Crippen LogP contribution >= 0.6 is 90.7 Å². The van der Waals surface area contributed by atoms with Crippen molar-refractivity contribution in [1.82, 2.24) is 0 Å². The van der Waals surface area contributed by atoms with Gasteiger partial charge in [-0.15, -0.1) is 90.7 Å². The zero-order chi connectivity index (χ0) is 33.9. The summed E-state index contributed by atoms with van der Waals surface area (Å²) in [6, 6.07) is 49.3. The molecule has 0 fully saturated rings. The van der Waals surface area contributed by atoms with Crippen LogP contribution in [0.2, 0.25) is 0 Å². The molecule has 0 spiro atoms. The molecular weight excluding hydrogens is 785 g/mol. The second kappa shape index (κ2) is 11.8. The summed E-state index contributed by atoms with van der Waals surface area (Å²) in [5.41, 5.74) is 5.20. The fourth-order valence-electron chi connectivity index (χ4n) is 7.64. The minimum atomic E-state index is 1.27. The fourth-order valence-corrected chi connectivity index (χ4v) is 20.1. The minimum absolute atomic E-state index is 1.27. The largest absolute Gasteiger partial charge is 0.121 e. The van der Waals surface area contributed by atoms with Crippen LogP contribution in [-0.4, -0.2) is 0 Å². The van der Waals surface area contributed by atoms with Gasteiger partial charge in [-0.1, -0.05) is 133 Å². The van der Waals surface area contributed by atoms with Crippen LogP contribution in [0.4, 0.5) is 0 Å². The summed E-state index contributed by atoms with van der Waals surface area (Å²) in [5, 5.41) is 11.0. The van der Waals surface area contributed by atoms with Gasteiger partial charge >= 0.3 is 0 Å². The van der Waals surface area contributed by atoms with Crippen LogP contribution in [0.5, 0.6) is 0 Å². The summed E-state index contributed by atoms with van der Waals surface area (Å²) in [7, 11) is 0. The third-order valence-electron chi connectivity index (χ3n) is 9.84. The van der Waals surface area contributed by atoms with Crippen molar-refractivity contribution in [3.63, 3.8) is 0 Å². The van der Waals surface area contributed by atoms with Crippen LogP contribution in [-0.2, 0) is 0 Å². The Morgan fingerprint density at radius 1 is 0.288 bits per heavy atom. The SMILES string of the molecule is c1ccc(C(C(c2ccccc2)=c2sc3sc4c5cccc6cccc(c=4sc=3s2)c65)=c2sc3sc4c5cccc6cccc(c=4sc=3s2)c65)cc1. The van der Waals surface area contributed by atoms with Crippen LogP contribution < -0.4 is 7.69 Å². The maximum absolute atomic E-state index is 2.31. The van der Waals surface area contributed by atoms with E-state index in [1.54, 1.807) is 0 Å². The van der Waals surface area contributed by atoms with Crippen molar-refractivity contribution in [2.24, 2.45) is 0 Å². The molecule has 12 rings (SSSR count). The van der Waals surface area contributed by atoms with E-state index in [1.807, 2.05) is 90.7 Å². The lowest BCUT2D eigenvalue weighted by atomic mass is 9.95. The van der Waals surface area contributed by atoms with E-state index in [2.05, 4.69) is 133 Å². The normalized spacial score (nSPS) is 12.2. The van der Waals surface area contributed by atoms with Gasteiger partial charge in [0.1, 0.15) is 15.4 Å². The Kier molecular flexibility index (Phi) is 6.90. The Bertz CT molecular complexity index is 3320. The lowest BCUT2D eigenvalue weighted by Gasteiger charge is -2.12. The van der Waals surface area contributed by atoms with Gasteiger partial charge in [0.2, 0.25) is 0 Å². The molecule has 0 bridgehead atoms. The van der Waals surface area contributed by atoms with Gasteiger partial charge in [0.05, 0.1) is 25.8 Å². The Hall–Kier alpha value is -3.96. The lowest BCUT2D eigenvalue weighted by Crippen LogP contribution is -2.09. The van der Waals surface area contributed by atoms with E-state index in [-0.39, 0.29) is 0 Å². The van der Waals surface area contributed by atoms with Crippen molar-refractivity contribution in [1.29, 1.82) is 0 Å². The minimum Gasteiger partial charge on any atom is -0.121 e. The molecule has 2 aliphatic carbocycles. The van der Waals surface area contributed by atoms with E-state index >= 15 is 0 Å². The van der Waals surface area contributed by atoms with Crippen molar-refractivity contribution in [3.05, 3.63) is 186 Å². The first-order chi connectivity index (χ1) is 25.8. The summed E-state index contributed by atoms with van der Waals surface area (Å²) < 4.78 is 14.0. The van der Waals surface area contributed by atoms with Gasteiger partial charge in [-0.05, 0) is 32.7 Å². The Balaban J connectivity index is 1.20. The first kappa shape index (κ1) is 30.5. The highest BCUT2D eigenvalue weighted by Gasteiger charge is 2.19. The molecule has 246 valence electrons. The zero-order valence-corrected chi connectivity index (χ0v) is 33.5. The van der Waals surface area contributed by atoms with E-state index in [0.29, 0.717) is 0 Å². The maximum atomic E-state index is 2.31. The van der Waals surface area contributed by atoms with E-state index < -0.39 is 0 Å². The van der Waals surface area contributed by atoms with Crippen molar-refractivity contribution < 1.29 is 0 Å². The molecule has 0 radical (unpaired) electrons. The molecule has 6 aromatic rings. The van der Waals surface area contributed by atoms with Crippen molar-refractivity contribution in [2.75, 3.05) is 0 Å². The molecule has 0 amide bonds. The molecule has 8 heteroatoms. The predicted octanol–water partition coefficient (Wildman–Crippen LogP) is 13.4. The van der Waals surface area contributed by atoms with Crippen molar-refractivity contribution >= 4 is 145 Å². The molecule has 0 nitrogen and oxygen atoms in total. The summed E-state index contributed by atoms with van der Waals surface area (Å²) in [6.07, 6.45) is 0. The average Bonchev–Trinajstić information content (AvgIpc) is 3.96. The van der Waals surface area contributed by atoms with Gasteiger partial charge in [-0.3, -0.25) is 0 Å². The van der Waals surface area contributed by atoms with Gasteiger partial charge in [0, 0.05) is 32.7 Å². The second-order valence-corrected chi connectivity index (χ2v) is 22.5. The zero-order valence-electron chi connectivity index (χ0n) is 27.0. The molecular formula is C44H22S8. The maximum Gasteiger partial charge on any atom is 0.109 e. The summed E-state index contributed by atoms with van der Waals surface area (Å²) in [5.74, 6) is 0. The highest BCUT2D eigenvalue weighted by Crippen LogP contribution is 2.39. The summed E-state index contributed by atoms with van der Waals surface area (Å²) in [4.78, 5) is 0. The lowest BCUT2D eigenvalue weighted by molar-refractivity contribution is 1.58. The van der Waals surface area contributed by atoms with Gasteiger partial charge in [0.25, 0.3) is 0 Å². The Morgan fingerprint density at radius 3 is 0.904 bits per heavy atom. The molecule has 6 aliphatic rings. The van der Waals surface area contributed by atoms with Crippen LogP contribution in [0.1, 0.15) is 11.1 Å². The van der Waals surface area contributed by atoms with Gasteiger partial charge in [0.15, 0.2) is 0 Å². The Morgan fingerprint density at radius 2 is 0.596 bits per heavy atom. The number of hydrogen-bond acceptors (Lipinski definition) is 8. The Labute approximate surface area is 327 Å². The summed E-state index contributed by atoms with van der Waals surface area (Å²) in [6.45, 7) is 0. The smallest absolute Gasteiger partial charge is 0.109 e. The van der Waals surface area contributed by atoms with Crippen LogP contribution in [0.3, 0.4) is 0 Å². The highest BCUT2D eigenvalue weighted by atomic mass is 32.2. The van der Waals surface area contributed by atoms with Gasteiger partial charge < -0.3 is 0 Å². The number of rotatable bonds is 3. The third kappa shape index (κ3) is 4.50. The third-order valence-corrected chi connectivity index (χ3v) is 21.3. The molecule has 0 atom stereocenters. The fraction of sp³-hybridized carbons (Fsp3) is 0. The quantitative estimate of drug-likeness (QED) is 0.167. The molecule has 0 N–H and O–H groups in total.